The van der Waals surface area contributed by atoms with Crippen LogP contribution in [0, 0.1) is 0 Å². The van der Waals surface area contributed by atoms with E-state index in [9.17, 15) is 4.79 Å². The molecule has 0 atom stereocenters. The number of aromatic amines is 1. The minimum atomic E-state index is -0.167. The molecule has 0 spiro atoms. The van der Waals surface area contributed by atoms with Crippen molar-refractivity contribution in [2.24, 2.45) is 0 Å². The van der Waals surface area contributed by atoms with Gasteiger partial charge >= 0.3 is 0 Å². The zero-order valence-electron chi connectivity index (χ0n) is 11.8. The van der Waals surface area contributed by atoms with E-state index in [1.807, 2.05) is 18.2 Å². The van der Waals surface area contributed by atoms with Crippen LogP contribution in [-0.2, 0) is 17.6 Å². The van der Waals surface area contributed by atoms with Crippen molar-refractivity contribution < 1.29 is 4.74 Å². The summed E-state index contributed by atoms with van der Waals surface area (Å²) < 4.78 is 5.00. The Hall–Kier alpha value is -2.14. The van der Waals surface area contributed by atoms with E-state index in [-0.39, 0.29) is 5.56 Å². The SMILES string of the molecule is CCc1ccc(-c2cc(=O)[nH]c(CCOC)n2)cc1N. The number of hydrogen-bond donors (Lipinski definition) is 2. The second kappa shape index (κ2) is 6.34. The van der Waals surface area contributed by atoms with Gasteiger partial charge in [-0.05, 0) is 18.1 Å². The molecule has 5 heteroatoms. The molecule has 0 saturated heterocycles. The molecule has 0 fully saturated rings. The molecular formula is C15H19N3O2. The Kier molecular flexibility index (Phi) is 4.53. The number of ether oxygens (including phenoxy) is 1. The lowest BCUT2D eigenvalue weighted by Gasteiger charge is -2.07. The molecule has 2 aromatic rings. The topological polar surface area (TPSA) is 81.0 Å². The van der Waals surface area contributed by atoms with Crippen molar-refractivity contribution in [3.63, 3.8) is 0 Å². The zero-order valence-corrected chi connectivity index (χ0v) is 11.8. The van der Waals surface area contributed by atoms with E-state index in [1.165, 1.54) is 6.07 Å². The first-order valence-electron chi connectivity index (χ1n) is 6.62. The Labute approximate surface area is 117 Å². The maximum atomic E-state index is 11.7. The average molecular weight is 273 g/mol. The van der Waals surface area contributed by atoms with Gasteiger partial charge in [0.05, 0.1) is 12.3 Å². The Morgan fingerprint density at radius 3 is 2.80 bits per heavy atom. The van der Waals surface area contributed by atoms with Gasteiger partial charge in [0.2, 0.25) is 0 Å². The van der Waals surface area contributed by atoms with Crippen LogP contribution >= 0.6 is 0 Å². The smallest absolute Gasteiger partial charge is 0.251 e. The molecule has 1 heterocycles. The van der Waals surface area contributed by atoms with Crippen LogP contribution in [0.5, 0.6) is 0 Å². The van der Waals surface area contributed by atoms with Crippen LogP contribution in [0.2, 0.25) is 0 Å². The molecule has 0 aliphatic heterocycles. The second-order valence-corrected chi connectivity index (χ2v) is 4.59. The summed E-state index contributed by atoms with van der Waals surface area (Å²) in [6.07, 6.45) is 1.45. The summed E-state index contributed by atoms with van der Waals surface area (Å²) in [5.41, 5.74) is 9.13. The van der Waals surface area contributed by atoms with Crippen molar-refractivity contribution >= 4 is 5.69 Å². The number of H-pyrrole nitrogens is 1. The van der Waals surface area contributed by atoms with Crippen molar-refractivity contribution in [3.8, 4) is 11.3 Å². The summed E-state index contributed by atoms with van der Waals surface area (Å²) in [5.74, 6) is 0.618. The summed E-state index contributed by atoms with van der Waals surface area (Å²) in [4.78, 5) is 18.8. The van der Waals surface area contributed by atoms with E-state index in [2.05, 4.69) is 16.9 Å². The number of aryl methyl sites for hydroxylation is 1. The number of anilines is 1. The summed E-state index contributed by atoms with van der Waals surface area (Å²) in [6, 6.07) is 7.26. The first kappa shape index (κ1) is 14.3. The van der Waals surface area contributed by atoms with E-state index in [4.69, 9.17) is 10.5 Å². The summed E-state index contributed by atoms with van der Waals surface area (Å²) in [6.45, 7) is 2.57. The number of nitrogens with zero attached hydrogens (tertiary/aromatic N) is 1. The van der Waals surface area contributed by atoms with Crippen molar-refractivity contribution in [2.75, 3.05) is 19.5 Å². The molecule has 0 unspecified atom stereocenters. The van der Waals surface area contributed by atoms with Crippen molar-refractivity contribution in [1.82, 2.24) is 9.97 Å². The predicted octanol–water partition coefficient (Wildman–Crippen LogP) is 1.77. The molecular weight excluding hydrogens is 254 g/mol. The average Bonchev–Trinajstić information content (AvgIpc) is 2.44. The fourth-order valence-corrected chi connectivity index (χ4v) is 2.05. The van der Waals surface area contributed by atoms with Crippen molar-refractivity contribution in [1.29, 1.82) is 0 Å². The number of nitrogen functional groups attached to an aromatic ring is 1. The van der Waals surface area contributed by atoms with Gasteiger partial charge in [0.1, 0.15) is 5.82 Å². The molecule has 1 aromatic heterocycles. The Balaban J connectivity index is 2.39. The lowest BCUT2D eigenvalue weighted by molar-refractivity contribution is 0.200. The number of nitrogens with one attached hydrogen (secondary N) is 1. The number of aromatic nitrogens is 2. The van der Waals surface area contributed by atoms with Gasteiger partial charge in [0, 0.05) is 30.8 Å². The standard InChI is InChI=1S/C15H19N3O2/c1-3-10-4-5-11(8-12(10)16)13-9-15(19)18-14(17-13)6-7-20-2/h4-5,8-9H,3,6-7,16H2,1-2H3,(H,17,18,19). The van der Waals surface area contributed by atoms with Crippen LogP contribution < -0.4 is 11.3 Å². The summed E-state index contributed by atoms with van der Waals surface area (Å²) >= 11 is 0. The summed E-state index contributed by atoms with van der Waals surface area (Å²) in [7, 11) is 1.62. The maximum Gasteiger partial charge on any atom is 0.251 e. The van der Waals surface area contributed by atoms with Gasteiger partial charge in [-0.3, -0.25) is 4.79 Å². The van der Waals surface area contributed by atoms with Crippen LogP contribution in [0.15, 0.2) is 29.1 Å². The zero-order chi connectivity index (χ0) is 14.5. The number of hydrogen-bond acceptors (Lipinski definition) is 4. The highest BCUT2D eigenvalue weighted by Gasteiger charge is 2.06. The first-order chi connectivity index (χ1) is 9.63. The van der Waals surface area contributed by atoms with Gasteiger partial charge in [-0.25, -0.2) is 4.98 Å². The lowest BCUT2D eigenvalue weighted by atomic mass is 10.0. The third-order valence-electron chi connectivity index (χ3n) is 3.16. The Morgan fingerprint density at radius 1 is 1.35 bits per heavy atom. The van der Waals surface area contributed by atoms with E-state index < -0.39 is 0 Å². The maximum absolute atomic E-state index is 11.7. The molecule has 0 aliphatic carbocycles. The number of rotatable bonds is 5. The quantitative estimate of drug-likeness (QED) is 0.813. The molecule has 0 amide bonds. The first-order valence-corrected chi connectivity index (χ1v) is 6.62. The third kappa shape index (κ3) is 3.24. The second-order valence-electron chi connectivity index (χ2n) is 4.59. The fraction of sp³-hybridized carbons (Fsp3) is 0.333. The van der Waals surface area contributed by atoms with E-state index in [1.54, 1.807) is 7.11 Å². The van der Waals surface area contributed by atoms with Crippen LogP contribution in [0.4, 0.5) is 5.69 Å². The highest BCUT2D eigenvalue weighted by molar-refractivity contribution is 5.66. The van der Waals surface area contributed by atoms with E-state index in [0.717, 1.165) is 23.2 Å². The predicted molar refractivity (Wildman–Crippen MR) is 79.7 cm³/mol. The van der Waals surface area contributed by atoms with Crippen LogP contribution in [0.1, 0.15) is 18.3 Å². The molecule has 0 radical (unpaired) electrons. The Bertz CT molecular complexity index is 650. The van der Waals surface area contributed by atoms with Crippen molar-refractivity contribution in [2.45, 2.75) is 19.8 Å². The normalized spacial score (nSPS) is 10.7. The molecule has 3 N–H and O–H groups in total. The lowest BCUT2D eigenvalue weighted by Crippen LogP contribution is -2.12. The van der Waals surface area contributed by atoms with Gasteiger partial charge in [-0.1, -0.05) is 19.1 Å². The van der Waals surface area contributed by atoms with Gasteiger partial charge in [0.25, 0.3) is 5.56 Å². The number of nitrogens with two attached hydrogens (primary N) is 1. The molecule has 20 heavy (non-hydrogen) atoms. The van der Waals surface area contributed by atoms with E-state index in [0.29, 0.717) is 24.5 Å². The molecule has 106 valence electrons. The van der Waals surface area contributed by atoms with Crippen molar-refractivity contribution in [3.05, 3.63) is 46.0 Å². The van der Waals surface area contributed by atoms with Crippen LogP contribution in [0.25, 0.3) is 11.3 Å². The van der Waals surface area contributed by atoms with Gasteiger partial charge in [-0.2, -0.15) is 0 Å². The molecule has 1 aromatic carbocycles. The van der Waals surface area contributed by atoms with Crippen LogP contribution in [-0.4, -0.2) is 23.7 Å². The monoisotopic (exact) mass is 273 g/mol. The minimum Gasteiger partial charge on any atom is -0.398 e. The molecule has 0 aliphatic rings. The fourth-order valence-electron chi connectivity index (χ4n) is 2.05. The Morgan fingerprint density at radius 2 is 2.15 bits per heavy atom. The third-order valence-corrected chi connectivity index (χ3v) is 3.16. The molecule has 5 nitrogen and oxygen atoms in total. The van der Waals surface area contributed by atoms with Gasteiger partial charge in [0.15, 0.2) is 0 Å². The van der Waals surface area contributed by atoms with Crippen LogP contribution in [0.3, 0.4) is 0 Å². The molecule has 2 rings (SSSR count). The van der Waals surface area contributed by atoms with Gasteiger partial charge < -0.3 is 15.5 Å². The molecule has 0 saturated carbocycles. The number of methoxy groups -OCH3 is 1. The van der Waals surface area contributed by atoms with E-state index >= 15 is 0 Å². The minimum absolute atomic E-state index is 0.167. The highest BCUT2D eigenvalue weighted by atomic mass is 16.5. The number of benzene rings is 1. The molecule has 0 bridgehead atoms. The summed E-state index contributed by atoms with van der Waals surface area (Å²) in [5, 5.41) is 0. The highest BCUT2D eigenvalue weighted by Crippen LogP contribution is 2.22. The largest absolute Gasteiger partial charge is 0.398 e. The van der Waals surface area contributed by atoms with Gasteiger partial charge in [-0.15, -0.1) is 0 Å².